The Labute approximate surface area is 110 Å². The average Bonchev–Trinajstić information content (AvgIpc) is 2.40. The van der Waals surface area contributed by atoms with Crippen LogP contribution in [0.4, 0.5) is 0 Å². The first-order valence-corrected chi connectivity index (χ1v) is 6.78. The van der Waals surface area contributed by atoms with Crippen molar-refractivity contribution in [1.29, 1.82) is 0 Å². The molecule has 0 radical (unpaired) electrons. The molecule has 2 unspecified atom stereocenters. The molecule has 5 nitrogen and oxygen atoms in total. The Hall–Kier alpha value is -0.650. The first-order valence-electron chi connectivity index (χ1n) is 6.78. The van der Waals surface area contributed by atoms with Gasteiger partial charge in [0, 0.05) is 38.7 Å². The molecule has 1 fully saturated rings. The predicted octanol–water partition coefficient (Wildman–Crippen LogP) is 0.638. The molecule has 1 aliphatic rings. The largest absolute Gasteiger partial charge is 0.383 e. The number of methoxy groups -OCH3 is 1. The summed E-state index contributed by atoms with van der Waals surface area (Å²) in [4.78, 5) is 14.2. The molecule has 0 aromatic carbocycles. The van der Waals surface area contributed by atoms with Gasteiger partial charge in [-0.25, -0.2) is 0 Å². The van der Waals surface area contributed by atoms with Crippen LogP contribution in [0.5, 0.6) is 0 Å². The molecule has 0 aromatic heterocycles. The topological polar surface area (TPSA) is 50.8 Å². The van der Waals surface area contributed by atoms with Gasteiger partial charge in [-0.1, -0.05) is 6.92 Å². The van der Waals surface area contributed by atoms with E-state index in [-0.39, 0.29) is 18.0 Å². The van der Waals surface area contributed by atoms with Crippen LogP contribution in [0.2, 0.25) is 0 Å². The molecular weight excluding hydrogens is 232 g/mol. The van der Waals surface area contributed by atoms with Gasteiger partial charge >= 0.3 is 0 Å². The Morgan fingerprint density at radius 1 is 1.61 bits per heavy atom. The minimum atomic E-state index is 0.153. The summed E-state index contributed by atoms with van der Waals surface area (Å²) in [5.74, 6) is 0.185. The second-order valence-corrected chi connectivity index (χ2v) is 4.77. The van der Waals surface area contributed by atoms with Crippen LogP contribution in [0.25, 0.3) is 0 Å². The van der Waals surface area contributed by atoms with Crippen LogP contribution < -0.4 is 5.32 Å². The van der Waals surface area contributed by atoms with Crippen LogP contribution in [-0.2, 0) is 14.3 Å². The number of carbonyl (C=O) groups is 1. The molecule has 1 aliphatic heterocycles. The van der Waals surface area contributed by atoms with E-state index in [1.165, 1.54) is 0 Å². The van der Waals surface area contributed by atoms with Crippen molar-refractivity contribution < 1.29 is 14.3 Å². The first kappa shape index (κ1) is 15.4. The molecule has 106 valence electrons. The molecule has 0 aromatic rings. The molecule has 0 spiro atoms. The second kappa shape index (κ2) is 8.45. The van der Waals surface area contributed by atoms with Gasteiger partial charge in [-0.05, 0) is 13.3 Å². The molecule has 0 bridgehead atoms. The number of amides is 1. The number of hydrogen-bond acceptors (Lipinski definition) is 4. The zero-order valence-corrected chi connectivity index (χ0v) is 11.8. The summed E-state index contributed by atoms with van der Waals surface area (Å²) < 4.78 is 10.4. The van der Waals surface area contributed by atoms with E-state index in [0.29, 0.717) is 26.2 Å². The van der Waals surface area contributed by atoms with Gasteiger partial charge in [-0.2, -0.15) is 0 Å². The predicted molar refractivity (Wildman–Crippen MR) is 70.6 cm³/mol. The van der Waals surface area contributed by atoms with Crippen molar-refractivity contribution in [3.05, 3.63) is 0 Å². The minimum Gasteiger partial charge on any atom is -0.383 e. The third kappa shape index (κ3) is 4.92. The Morgan fingerprint density at radius 3 is 2.94 bits per heavy atom. The number of ether oxygens (including phenoxy) is 2. The lowest BCUT2D eigenvalue weighted by atomic mass is 10.1. The highest BCUT2D eigenvalue weighted by Gasteiger charge is 2.23. The maximum Gasteiger partial charge on any atom is 0.224 e. The lowest BCUT2D eigenvalue weighted by molar-refractivity contribution is -0.135. The fourth-order valence-corrected chi connectivity index (χ4v) is 2.08. The van der Waals surface area contributed by atoms with Crippen molar-refractivity contribution in [1.82, 2.24) is 10.2 Å². The molecule has 2 atom stereocenters. The lowest BCUT2D eigenvalue weighted by Crippen LogP contribution is -2.47. The highest BCUT2D eigenvalue weighted by atomic mass is 16.5. The first-order chi connectivity index (χ1) is 8.69. The molecule has 18 heavy (non-hydrogen) atoms. The summed E-state index contributed by atoms with van der Waals surface area (Å²) in [5.41, 5.74) is 0. The van der Waals surface area contributed by atoms with E-state index in [1.807, 2.05) is 4.90 Å². The lowest BCUT2D eigenvalue weighted by Gasteiger charge is -2.31. The number of nitrogens with one attached hydrogen (secondary N) is 1. The van der Waals surface area contributed by atoms with Crippen LogP contribution in [0.15, 0.2) is 0 Å². The standard InChI is InChI=1S/C13H26N2O3/c1-4-11(2)15(6-8-17-3)13(16)9-12-10-18-7-5-14-12/h11-12,14H,4-10H2,1-3H3. The number of nitrogens with zero attached hydrogens (tertiary/aromatic N) is 1. The Kier molecular flexibility index (Phi) is 7.23. The number of morpholine rings is 1. The highest BCUT2D eigenvalue weighted by Crippen LogP contribution is 2.09. The van der Waals surface area contributed by atoms with Gasteiger partial charge < -0.3 is 19.7 Å². The molecular formula is C13H26N2O3. The average molecular weight is 258 g/mol. The van der Waals surface area contributed by atoms with Crippen LogP contribution in [-0.4, -0.2) is 62.9 Å². The van der Waals surface area contributed by atoms with Crippen molar-refractivity contribution in [3.8, 4) is 0 Å². The fraction of sp³-hybridized carbons (Fsp3) is 0.923. The summed E-state index contributed by atoms with van der Waals surface area (Å²) >= 11 is 0. The zero-order valence-electron chi connectivity index (χ0n) is 11.8. The van der Waals surface area contributed by atoms with Crippen LogP contribution in [0.1, 0.15) is 26.7 Å². The fourth-order valence-electron chi connectivity index (χ4n) is 2.08. The molecule has 1 saturated heterocycles. The second-order valence-electron chi connectivity index (χ2n) is 4.77. The minimum absolute atomic E-state index is 0.153. The monoisotopic (exact) mass is 258 g/mol. The van der Waals surface area contributed by atoms with Crippen LogP contribution in [0.3, 0.4) is 0 Å². The molecule has 0 saturated carbocycles. The third-order valence-corrected chi connectivity index (χ3v) is 3.40. The maximum atomic E-state index is 12.3. The molecule has 1 amide bonds. The van der Waals surface area contributed by atoms with Gasteiger partial charge in [-0.3, -0.25) is 4.79 Å². The van der Waals surface area contributed by atoms with E-state index in [2.05, 4.69) is 19.2 Å². The van der Waals surface area contributed by atoms with Crippen molar-refractivity contribution in [2.24, 2.45) is 0 Å². The highest BCUT2D eigenvalue weighted by molar-refractivity contribution is 5.77. The summed E-state index contributed by atoms with van der Waals surface area (Å²) in [7, 11) is 1.66. The molecule has 0 aliphatic carbocycles. The van der Waals surface area contributed by atoms with E-state index in [1.54, 1.807) is 7.11 Å². The van der Waals surface area contributed by atoms with E-state index in [4.69, 9.17) is 9.47 Å². The van der Waals surface area contributed by atoms with E-state index >= 15 is 0 Å². The van der Waals surface area contributed by atoms with Gasteiger partial charge in [0.15, 0.2) is 0 Å². The van der Waals surface area contributed by atoms with Gasteiger partial charge in [0.2, 0.25) is 5.91 Å². The number of rotatable bonds is 7. The molecule has 5 heteroatoms. The van der Waals surface area contributed by atoms with Crippen molar-refractivity contribution in [2.45, 2.75) is 38.8 Å². The molecule has 1 rings (SSSR count). The number of carbonyl (C=O) groups excluding carboxylic acids is 1. The van der Waals surface area contributed by atoms with Crippen molar-refractivity contribution in [3.63, 3.8) is 0 Å². The zero-order chi connectivity index (χ0) is 13.4. The quantitative estimate of drug-likeness (QED) is 0.728. The van der Waals surface area contributed by atoms with Gasteiger partial charge in [-0.15, -0.1) is 0 Å². The Balaban J connectivity index is 2.46. The molecule has 1 heterocycles. The summed E-state index contributed by atoms with van der Waals surface area (Å²) in [6, 6.07) is 0.414. The van der Waals surface area contributed by atoms with Crippen LogP contribution in [0, 0.1) is 0 Å². The van der Waals surface area contributed by atoms with E-state index in [9.17, 15) is 4.79 Å². The van der Waals surface area contributed by atoms with Gasteiger partial charge in [0.05, 0.1) is 19.8 Å². The maximum absolute atomic E-state index is 12.3. The summed E-state index contributed by atoms with van der Waals surface area (Å²) in [5, 5.41) is 3.31. The number of hydrogen-bond donors (Lipinski definition) is 1. The van der Waals surface area contributed by atoms with Gasteiger partial charge in [0.25, 0.3) is 0 Å². The smallest absolute Gasteiger partial charge is 0.224 e. The Bertz CT molecular complexity index is 242. The van der Waals surface area contributed by atoms with Crippen molar-refractivity contribution in [2.75, 3.05) is 40.0 Å². The van der Waals surface area contributed by atoms with E-state index < -0.39 is 0 Å². The summed E-state index contributed by atoms with van der Waals surface area (Å²) in [6.45, 7) is 7.63. The van der Waals surface area contributed by atoms with E-state index in [0.717, 1.165) is 19.6 Å². The van der Waals surface area contributed by atoms with Gasteiger partial charge in [0.1, 0.15) is 0 Å². The Morgan fingerprint density at radius 2 is 2.39 bits per heavy atom. The third-order valence-electron chi connectivity index (χ3n) is 3.40. The van der Waals surface area contributed by atoms with Crippen LogP contribution >= 0.6 is 0 Å². The normalized spacial score (nSPS) is 21.6. The van der Waals surface area contributed by atoms with Crippen molar-refractivity contribution >= 4 is 5.91 Å². The SMILES string of the molecule is CCC(C)N(CCOC)C(=O)CC1COCCN1. The molecule has 1 N–H and O–H groups in total. The summed E-state index contributed by atoms with van der Waals surface area (Å²) in [6.07, 6.45) is 1.47.